The first kappa shape index (κ1) is 22.3. The summed E-state index contributed by atoms with van der Waals surface area (Å²) in [4.78, 5) is 6.67. The average Bonchev–Trinajstić information content (AvgIpc) is 3.30. The molecular formula is C26H29ClN4O2S. The fraction of sp³-hybridized carbons (Fsp3) is 0.423. The van der Waals surface area contributed by atoms with Crippen molar-refractivity contribution in [3.63, 3.8) is 0 Å². The topological polar surface area (TPSA) is 58.4 Å². The number of nitrogens with zero attached hydrogens (tertiary/aromatic N) is 4. The Kier molecular flexibility index (Phi) is 5.56. The van der Waals surface area contributed by atoms with Crippen LogP contribution in [0.15, 0.2) is 60.0 Å². The van der Waals surface area contributed by atoms with Crippen LogP contribution in [0.5, 0.6) is 0 Å². The van der Waals surface area contributed by atoms with Gasteiger partial charge >= 0.3 is 0 Å². The first-order valence-electron chi connectivity index (χ1n) is 12.0. The minimum absolute atomic E-state index is 0.126. The number of halogens is 1. The number of rotatable bonds is 6. The highest BCUT2D eigenvalue weighted by Gasteiger charge is 2.41. The molecule has 0 radical (unpaired) electrons. The number of aryl methyl sites for hydroxylation is 1. The Labute approximate surface area is 206 Å². The van der Waals surface area contributed by atoms with Crippen molar-refractivity contribution < 1.29 is 8.42 Å². The van der Waals surface area contributed by atoms with Crippen molar-refractivity contribution in [1.82, 2.24) is 18.8 Å². The lowest BCUT2D eigenvalue weighted by Gasteiger charge is -2.40. The van der Waals surface area contributed by atoms with Crippen molar-refractivity contribution in [1.29, 1.82) is 0 Å². The molecule has 0 saturated carbocycles. The number of aromatic nitrogens is 2. The fourth-order valence-corrected chi connectivity index (χ4v) is 7.40. The van der Waals surface area contributed by atoms with E-state index >= 15 is 0 Å². The molecule has 178 valence electrons. The minimum Gasteiger partial charge on any atom is -0.339 e. The zero-order valence-corrected chi connectivity index (χ0v) is 20.8. The van der Waals surface area contributed by atoms with E-state index in [4.69, 9.17) is 11.6 Å². The van der Waals surface area contributed by atoms with Gasteiger partial charge in [-0.25, -0.2) is 13.4 Å². The summed E-state index contributed by atoms with van der Waals surface area (Å²) in [5.41, 5.74) is 5.38. The van der Waals surface area contributed by atoms with Crippen LogP contribution >= 0.6 is 11.6 Å². The molecule has 3 aliphatic rings. The zero-order valence-electron chi connectivity index (χ0n) is 19.3. The van der Waals surface area contributed by atoms with E-state index < -0.39 is 10.0 Å². The molecule has 0 spiro atoms. The summed E-state index contributed by atoms with van der Waals surface area (Å²) < 4.78 is 28.9. The first-order chi connectivity index (χ1) is 16.4. The number of likely N-dealkylation sites (tertiary alicyclic amines) is 1. The summed E-state index contributed by atoms with van der Waals surface area (Å²) in [5.74, 6) is 0.654. The molecule has 8 heteroatoms. The Morgan fingerprint density at radius 3 is 2.62 bits per heavy atom. The highest BCUT2D eigenvalue weighted by atomic mass is 35.5. The summed E-state index contributed by atoms with van der Waals surface area (Å²) in [6.45, 7) is 3.37. The lowest BCUT2D eigenvalue weighted by atomic mass is 9.86. The Bertz CT molecular complexity index is 1330. The van der Waals surface area contributed by atoms with Crippen LogP contribution in [0.2, 0.25) is 5.02 Å². The van der Waals surface area contributed by atoms with E-state index in [-0.39, 0.29) is 10.9 Å². The van der Waals surface area contributed by atoms with Crippen LogP contribution < -0.4 is 0 Å². The first-order valence-corrected chi connectivity index (χ1v) is 13.8. The summed E-state index contributed by atoms with van der Waals surface area (Å²) in [6.07, 6.45) is 6.44. The normalized spacial score (nSPS) is 23.5. The number of imidazole rings is 1. The molecule has 1 aromatic heterocycles. The van der Waals surface area contributed by atoms with Gasteiger partial charge in [-0.3, -0.25) is 4.90 Å². The van der Waals surface area contributed by atoms with Crippen LogP contribution in [-0.4, -0.2) is 59.4 Å². The van der Waals surface area contributed by atoms with E-state index in [9.17, 15) is 8.42 Å². The van der Waals surface area contributed by atoms with E-state index in [0.717, 1.165) is 17.9 Å². The van der Waals surface area contributed by atoms with E-state index in [0.29, 0.717) is 25.0 Å². The van der Waals surface area contributed by atoms with Gasteiger partial charge in [-0.05, 0) is 66.7 Å². The fourth-order valence-electron chi connectivity index (χ4n) is 5.69. The summed E-state index contributed by atoms with van der Waals surface area (Å²) >= 11 is 6.29. The second-order valence-corrected chi connectivity index (χ2v) is 12.3. The molecule has 2 saturated heterocycles. The van der Waals surface area contributed by atoms with Crippen molar-refractivity contribution in [2.45, 2.75) is 42.2 Å². The lowest BCUT2D eigenvalue weighted by Crippen LogP contribution is -2.48. The van der Waals surface area contributed by atoms with Gasteiger partial charge in [0.15, 0.2) is 5.03 Å². The van der Waals surface area contributed by atoms with Gasteiger partial charge in [0.25, 0.3) is 10.0 Å². The number of benzene rings is 2. The highest BCUT2D eigenvalue weighted by Crippen LogP contribution is 2.42. The van der Waals surface area contributed by atoms with Gasteiger partial charge in [0, 0.05) is 49.2 Å². The van der Waals surface area contributed by atoms with Gasteiger partial charge in [-0.1, -0.05) is 41.9 Å². The van der Waals surface area contributed by atoms with Gasteiger partial charge in [0.05, 0.1) is 6.33 Å². The van der Waals surface area contributed by atoms with E-state index in [1.54, 1.807) is 22.1 Å². The van der Waals surface area contributed by atoms with Crippen molar-refractivity contribution in [2.75, 3.05) is 26.2 Å². The maximum Gasteiger partial charge on any atom is 0.262 e. The average molecular weight is 497 g/mol. The molecule has 2 aliphatic heterocycles. The Morgan fingerprint density at radius 2 is 1.94 bits per heavy atom. The molecule has 6 nitrogen and oxygen atoms in total. The van der Waals surface area contributed by atoms with Crippen molar-refractivity contribution in [2.24, 2.45) is 7.05 Å². The molecule has 0 N–H and O–H groups in total. The predicted molar refractivity (Wildman–Crippen MR) is 133 cm³/mol. The molecule has 3 heterocycles. The summed E-state index contributed by atoms with van der Waals surface area (Å²) in [5, 5.41) is 0.912. The SMILES string of the molecule is Cn1cnc(S(=O)(=O)N2CC(c3ccc4c(c3)C(Cc3cccc(Cl)c3)C(N3CCC3)C4)C2)c1. The van der Waals surface area contributed by atoms with Crippen LogP contribution in [0.1, 0.15) is 40.5 Å². The third-order valence-electron chi connectivity index (χ3n) is 7.77. The number of sulfonamides is 1. The van der Waals surface area contributed by atoms with Crippen LogP contribution in [0, 0.1) is 0 Å². The Morgan fingerprint density at radius 1 is 1.12 bits per heavy atom. The van der Waals surface area contributed by atoms with E-state index in [1.807, 2.05) is 12.1 Å². The molecule has 2 unspecified atom stereocenters. The molecule has 0 amide bonds. The largest absolute Gasteiger partial charge is 0.339 e. The maximum absolute atomic E-state index is 12.9. The third-order valence-corrected chi connectivity index (χ3v) is 9.72. The number of hydrogen-bond donors (Lipinski definition) is 0. The van der Waals surface area contributed by atoms with Gasteiger partial charge in [0.2, 0.25) is 0 Å². The zero-order chi connectivity index (χ0) is 23.4. The Hall–Kier alpha value is -2.19. The molecule has 1 aliphatic carbocycles. The smallest absolute Gasteiger partial charge is 0.262 e. The van der Waals surface area contributed by atoms with Gasteiger partial charge < -0.3 is 4.57 Å². The van der Waals surface area contributed by atoms with Crippen molar-refractivity contribution >= 4 is 21.6 Å². The van der Waals surface area contributed by atoms with Crippen LogP contribution in [0.3, 0.4) is 0 Å². The van der Waals surface area contributed by atoms with Crippen molar-refractivity contribution in [3.05, 3.63) is 82.3 Å². The third kappa shape index (κ3) is 3.88. The molecule has 34 heavy (non-hydrogen) atoms. The van der Waals surface area contributed by atoms with Crippen LogP contribution in [0.4, 0.5) is 0 Å². The molecule has 3 aromatic rings. The second kappa shape index (κ2) is 8.48. The van der Waals surface area contributed by atoms with E-state index in [2.05, 4.69) is 40.2 Å². The van der Waals surface area contributed by atoms with Crippen LogP contribution in [0.25, 0.3) is 0 Å². The molecule has 2 aromatic carbocycles. The monoisotopic (exact) mass is 496 g/mol. The summed E-state index contributed by atoms with van der Waals surface area (Å²) in [6, 6.07) is 15.6. The second-order valence-electron chi connectivity index (χ2n) is 9.96. The quantitative estimate of drug-likeness (QED) is 0.520. The molecule has 0 bridgehead atoms. The van der Waals surface area contributed by atoms with Gasteiger partial charge in [0.1, 0.15) is 0 Å². The van der Waals surface area contributed by atoms with E-state index in [1.165, 1.54) is 48.1 Å². The standard InChI is InChI=1S/C26H29ClN4O2S/c1-29-16-26(28-17-29)34(32,33)31-14-21(15-31)19-6-7-20-13-25(30-8-3-9-30)24(23(20)12-19)11-18-4-2-5-22(27)10-18/h2,4-7,10,12,16-17,21,24-25H,3,8-9,11,13-15H2,1H3. The minimum atomic E-state index is -3.52. The van der Waals surface area contributed by atoms with Gasteiger partial charge in [-0.15, -0.1) is 0 Å². The van der Waals surface area contributed by atoms with Crippen LogP contribution in [-0.2, 0) is 29.9 Å². The summed E-state index contributed by atoms with van der Waals surface area (Å²) in [7, 11) is -1.74. The molecular weight excluding hydrogens is 468 g/mol. The maximum atomic E-state index is 12.9. The lowest BCUT2D eigenvalue weighted by molar-refractivity contribution is 0.106. The Balaban J connectivity index is 1.23. The molecule has 2 atom stereocenters. The predicted octanol–water partition coefficient (Wildman–Crippen LogP) is 3.82. The molecule has 6 rings (SSSR count). The molecule has 2 fully saturated rings. The highest BCUT2D eigenvalue weighted by molar-refractivity contribution is 7.89. The van der Waals surface area contributed by atoms with Gasteiger partial charge in [-0.2, -0.15) is 4.31 Å². The van der Waals surface area contributed by atoms with Crippen molar-refractivity contribution in [3.8, 4) is 0 Å². The number of hydrogen-bond acceptors (Lipinski definition) is 4. The number of fused-ring (bicyclic) bond motifs is 1.